The van der Waals surface area contributed by atoms with Crippen molar-refractivity contribution in [2.75, 3.05) is 13.2 Å². The lowest BCUT2D eigenvalue weighted by Crippen LogP contribution is -2.43. The first-order valence-electron chi connectivity index (χ1n) is 6.64. The van der Waals surface area contributed by atoms with Gasteiger partial charge in [-0.15, -0.1) is 0 Å². The van der Waals surface area contributed by atoms with Gasteiger partial charge in [0.25, 0.3) is 0 Å². The van der Waals surface area contributed by atoms with Crippen LogP contribution in [0.4, 0.5) is 0 Å². The minimum absolute atomic E-state index is 0.408. The molecule has 0 radical (unpaired) electrons. The zero-order valence-corrected chi connectivity index (χ0v) is 10.6. The van der Waals surface area contributed by atoms with Gasteiger partial charge in [-0.25, -0.2) is 0 Å². The van der Waals surface area contributed by atoms with Gasteiger partial charge in [-0.3, -0.25) is 0 Å². The third kappa shape index (κ3) is 1.95. The van der Waals surface area contributed by atoms with Crippen molar-refractivity contribution in [1.29, 1.82) is 0 Å². The Labute approximate surface area is 94.6 Å². The van der Waals surface area contributed by atoms with E-state index in [1.165, 1.54) is 38.5 Å². The largest absolute Gasteiger partial charge is 0.381 e. The number of ether oxygens (including phenoxy) is 1. The van der Waals surface area contributed by atoms with E-state index < -0.39 is 0 Å². The van der Waals surface area contributed by atoms with Crippen molar-refractivity contribution in [3.63, 3.8) is 0 Å². The van der Waals surface area contributed by atoms with Crippen molar-refractivity contribution in [3.05, 3.63) is 0 Å². The van der Waals surface area contributed by atoms with Crippen molar-refractivity contribution in [1.82, 2.24) is 0 Å². The van der Waals surface area contributed by atoms with E-state index in [0.717, 1.165) is 19.1 Å². The standard InChI is InChI=1S/C14H26O/c1-13(2,3)14(9-10-15-11-14)12-7-5-4-6-8-12/h12H,4-11H2,1-3H3. The maximum atomic E-state index is 5.74. The third-order valence-corrected chi connectivity index (χ3v) is 4.93. The average molecular weight is 210 g/mol. The number of rotatable bonds is 1. The fourth-order valence-electron chi connectivity index (χ4n) is 3.76. The summed E-state index contributed by atoms with van der Waals surface area (Å²) >= 11 is 0. The molecule has 1 aliphatic heterocycles. The molecule has 1 heteroatoms. The Balaban J connectivity index is 2.17. The molecule has 1 unspecified atom stereocenters. The normalized spacial score (nSPS) is 34.6. The van der Waals surface area contributed by atoms with Crippen LogP contribution < -0.4 is 0 Å². The maximum Gasteiger partial charge on any atom is 0.0530 e. The molecule has 1 heterocycles. The quantitative estimate of drug-likeness (QED) is 0.635. The highest BCUT2D eigenvalue weighted by atomic mass is 16.5. The van der Waals surface area contributed by atoms with Crippen LogP contribution in [0.15, 0.2) is 0 Å². The van der Waals surface area contributed by atoms with Crippen molar-refractivity contribution < 1.29 is 4.74 Å². The molecular formula is C14H26O. The lowest BCUT2D eigenvalue weighted by atomic mass is 9.56. The second-order valence-corrected chi connectivity index (χ2v) is 6.54. The summed E-state index contributed by atoms with van der Waals surface area (Å²) in [5, 5.41) is 0. The van der Waals surface area contributed by atoms with Crippen molar-refractivity contribution in [3.8, 4) is 0 Å². The van der Waals surface area contributed by atoms with Crippen molar-refractivity contribution in [2.24, 2.45) is 16.7 Å². The van der Waals surface area contributed by atoms with Crippen LogP contribution in [0.3, 0.4) is 0 Å². The monoisotopic (exact) mass is 210 g/mol. The summed E-state index contributed by atoms with van der Waals surface area (Å²) in [5.74, 6) is 0.925. The van der Waals surface area contributed by atoms with E-state index in [4.69, 9.17) is 4.74 Å². The van der Waals surface area contributed by atoms with Gasteiger partial charge < -0.3 is 4.74 Å². The minimum Gasteiger partial charge on any atom is -0.381 e. The lowest BCUT2D eigenvalue weighted by molar-refractivity contribution is -0.0129. The van der Waals surface area contributed by atoms with E-state index in [0.29, 0.717) is 10.8 Å². The molecule has 0 amide bonds. The smallest absolute Gasteiger partial charge is 0.0530 e. The van der Waals surface area contributed by atoms with Gasteiger partial charge in [0.15, 0.2) is 0 Å². The fraction of sp³-hybridized carbons (Fsp3) is 1.00. The van der Waals surface area contributed by atoms with Gasteiger partial charge in [-0.1, -0.05) is 40.0 Å². The Hall–Kier alpha value is -0.0400. The second-order valence-electron chi connectivity index (χ2n) is 6.54. The van der Waals surface area contributed by atoms with Crippen LogP contribution in [0.25, 0.3) is 0 Å². The van der Waals surface area contributed by atoms with E-state index in [1.54, 1.807) is 0 Å². The number of hydrogen-bond donors (Lipinski definition) is 0. The van der Waals surface area contributed by atoms with Gasteiger partial charge in [0.05, 0.1) is 6.61 Å². The first kappa shape index (κ1) is 11.4. The molecule has 1 atom stereocenters. The van der Waals surface area contributed by atoms with E-state index in [9.17, 15) is 0 Å². The predicted octanol–water partition coefficient (Wildman–Crippen LogP) is 4.02. The summed E-state index contributed by atoms with van der Waals surface area (Å²) in [6.45, 7) is 9.25. The Bertz CT molecular complexity index is 202. The third-order valence-electron chi connectivity index (χ3n) is 4.93. The summed E-state index contributed by atoms with van der Waals surface area (Å²) < 4.78 is 5.74. The zero-order chi connectivity index (χ0) is 10.9. The molecule has 1 saturated carbocycles. The van der Waals surface area contributed by atoms with E-state index in [2.05, 4.69) is 20.8 Å². The van der Waals surface area contributed by atoms with E-state index >= 15 is 0 Å². The topological polar surface area (TPSA) is 9.23 Å². The van der Waals surface area contributed by atoms with Gasteiger partial charge >= 0.3 is 0 Å². The van der Waals surface area contributed by atoms with Crippen LogP contribution in [-0.4, -0.2) is 13.2 Å². The first-order chi connectivity index (χ1) is 7.06. The molecule has 0 spiro atoms. The van der Waals surface area contributed by atoms with Crippen molar-refractivity contribution >= 4 is 0 Å². The average Bonchev–Trinajstić information content (AvgIpc) is 2.68. The highest BCUT2D eigenvalue weighted by Gasteiger charge is 2.50. The second kappa shape index (κ2) is 4.08. The first-order valence-corrected chi connectivity index (χ1v) is 6.64. The lowest BCUT2D eigenvalue weighted by Gasteiger charge is -2.48. The minimum atomic E-state index is 0.408. The van der Waals surface area contributed by atoms with Crippen LogP contribution >= 0.6 is 0 Å². The van der Waals surface area contributed by atoms with Crippen LogP contribution in [0.2, 0.25) is 0 Å². The molecule has 1 aliphatic carbocycles. The van der Waals surface area contributed by atoms with Gasteiger partial charge in [-0.05, 0) is 30.6 Å². The van der Waals surface area contributed by atoms with Crippen LogP contribution in [-0.2, 0) is 4.74 Å². The van der Waals surface area contributed by atoms with Gasteiger partial charge in [0, 0.05) is 12.0 Å². The van der Waals surface area contributed by atoms with Crippen LogP contribution in [0.5, 0.6) is 0 Å². The Morgan fingerprint density at radius 2 is 1.73 bits per heavy atom. The molecule has 2 aliphatic rings. The molecule has 0 aromatic carbocycles. The van der Waals surface area contributed by atoms with Crippen LogP contribution in [0.1, 0.15) is 59.3 Å². The molecule has 0 bridgehead atoms. The molecule has 2 fully saturated rings. The summed E-state index contributed by atoms with van der Waals surface area (Å²) in [7, 11) is 0. The van der Waals surface area contributed by atoms with Crippen molar-refractivity contribution in [2.45, 2.75) is 59.3 Å². The van der Waals surface area contributed by atoms with E-state index in [-0.39, 0.29) is 0 Å². The maximum absolute atomic E-state index is 5.74. The Kier molecular flexibility index (Phi) is 3.12. The highest BCUT2D eigenvalue weighted by Crippen LogP contribution is 2.54. The van der Waals surface area contributed by atoms with E-state index in [1.807, 2.05) is 0 Å². The zero-order valence-electron chi connectivity index (χ0n) is 10.6. The molecule has 1 nitrogen and oxygen atoms in total. The summed E-state index contributed by atoms with van der Waals surface area (Å²) in [5.41, 5.74) is 0.888. The molecule has 0 N–H and O–H groups in total. The van der Waals surface area contributed by atoms with Gasteiger partial charge in [0.2, 0.25) is 0 Å². The highest BCUT2D eigenvalue weighted by molar-refractivity contribution is 4.98. The Morgan fingerprint density at radius 3 is 2.20 bits per heavy atom. The fourth-order valence-corrected chi connectivity index (χ4v) is 3.76. The molecule has 2 rings (SSSR count). The van der Waals surface area contributed by atoms with Gasteiger partial charge in [-0.2, -0.15) is 0 Å². The predicted molar refractivity (Wildman–Crippen MR) is 63.9 cm³/mol. The summed E-state index contributed by atoms with van der Waals surface area (Å²) in [6.07, 6.45) is 8.53. The molecule has 1 saturated heterocycles. The molecular weight excluding hydrogens is 184 g/mol. The van der Waals surface area contributed by atoms with Gasteiger partial charge in [0.1, 0.15) is 0 Å². The summed E-state index contributed by atoms with van der Waals surface area (Å²) in [4.78, 5) is 0. The Morgan fingerprint density at radius 1 is 1.07 bits per heavy atom. The molecule has 0 aromatic heterocycles. The molecule has 15 heavy (non-hydrogen) atoms. The SMILES string of the molecule is CC(C)(C)C1(C2CCCCC2)CCOC1. The van der Waals surface area contributed by atoms with Crippen LogP contribution in [0, 0.1) is 16.7 Å². The summed E-state index contributed by atoms with van der Waals surface area (Å²) in [6, 6.07) is 0. The molecule has 88 valence electrons. The molecule has 0 aromatic rings. The number of hydrogen-bond acceptors (Lipinski definition) is 1.